The van der Waals surface area contributed by atoms with Crippen LogP contribution in [0, 0.1) is 13.8 Å². The molecule has 2 nitrogen and oxygen atoms in total. The van der Waals surface area contributed by atoms with E-state index in [1.165, 1.54) is 11.1 Å². The van der Waals surface area contributed by atoms with Crippen molar-refractivity contribution in [3.8, 4) is 0 Å². The van der Waals surface area contributed by atoms with Crippen LogP contribution in [0.3, 0.4) is 0 Å². The lowest BCUT2D eigenvalue weighted by atomic mass is 10.1. The molecule has 0 unspecified atom stereocenters. The molecule has 3 heteroatoms. The van der Waals surface area contributed by atoms with Crippen LogP contribution in [-0.2, 0) is 6.54 Å². The van der Waals surface area contributed by atoms with Crippen molar-refractivity contribution < 1.29 is 0 Å². The average Bonchev–Trinajstić information content (AvgIpc) is 2.38. The Kier molecular flexibility index (Phi) is 4.17. The number of nitrogens with one attached hydrogen (secondary N) is 1. The highest BCUT2D eigenvalue weighted by molar-refractivity contribution is 7.80. The maximum absolute atomic E-state index is 5.77. The highest BCUT2D eigenvalue weighted by atomic mass is 32.1. The summed E-state index contributed by atoms with van der Waals surface area (Å²) in [5, 5.41) is 3.45. The third-order valence-electron chi connectivity index (χ3n) is 3.26. The van der Waals surface area contributed by atoms with Crippen molar-refractivity contribution >= 4 is 22.9 Å². The van der Waals surface area contributed by atoms with Crippen molar-refractivity contribution in [3.05, 3.63) is 64.7 Å². The lowest BCUT2D eigenvalue weighted by molar-refractivity contribution is 1.11. The zero-order chi connectivity index (χ0) is 13.8. The number of nitrogens with two attached hydrogens (primary N) is 1. The zero-order valence-corrected chi connectivity index (χ0v) is 12.1. The molecule has 0 fully saturated rings. The molecule has 0 amide bonds. The molecule has 3 N–H and O–H groups in total. The quantitative estimate of drug-likeness (QED) is 0.834. The molecule has 0 spiro atoms. The second kappa shape index (κ2) is 5.85. The van der Waals surface area contributed by atoms with E-state index < -0.39 is 0 Å². The number of benzene rings is 2. The molecule has 0 bridgehead atoms. The Morgan fingerprint density at radius 2 is 1.74 bits per heavy atom. The van der Waals surface area contributed by atoms with E-state index in [2.05, 4.69) is 43.4 Å². The number of aryl methyl sites for hydroxylation is 2. The molecular formula is C16H18N2S. The smallest absolute Gasteiger partial charge is 0.106 e. The standard InChI is InChI=1S/C16H18N2S/c1-11-6-3-4-8-13(11)10-18-15-12(2)7-5-9-14(15)16(17)19/h3-9,18H,10H2,1-2H3,(H2,17,19). The van der Waals surface area contributed by atoms with Crippen molar-refractivity contribution in [2.75, 3.05) is 5.32 Å². The van der Waals surface area contributed by atoms with Gasteiger partial charge in [0.25, 0.3) is 0 Å². The van der Waals surface area contributed by atoms with Crippen molar-refractivity contribution in [2.24, 2.45) is 5.73 Å². The molecule has 0 aliphatic carbocycles. The van der Waals surface area contributed by atoms with Crippen LogP contribution in [0.4, 0.5) is 5.69 Å². The summed E-state index contributed by atoms with van der Waals surface area (Å²) in [6.07, 6.45) is 0. The number of rotatable bonds is 4. The molecule has 0 aromatic heterocycles. The number of hydrogen-bond acceptors (Lipinski definition) is 2. The molecule has 2 rings (SSSR count). The normalized spacial score (nSPS) is 10.2. The predicted molar refractivity (Wildman–Crippen MR) is 85.6 cm³/mol. The van der Waals surface area contributed by atoms with Crippen LogP contribution in [0.15, 0.2) is 42.5 Å². The van der Waals surface area contributed by atoms with Gasteiger partial charge in [-0.2, -0.15) is 0 Å². The molecule has 0 aliphatic heterocycles. The van der Waals surface area contributed by atoms with Crippen LogP contribution >= 0.6 is 12.2 Å². The Hall–Kier alpha value is -1.87. The third kappa shape index (κ3) is 3.12. The Balaban J connectivity index is 2.25. The van der Waals surface area contributed by atoms with Gasteiger partial charge in [0.05, 0.1) is 0 Å². The van der Waals surface area contributed by atoms with Gasteiger partial charge < -0.3 is 11.1 Å². The molecule has 98 valence electrons. The van der Waals surface area contributed by atoms with E-state index in [-0.39, 0.29) is 0 Å². The fourth-order valence-electron chi connectivity index (χ4n) is 2.10. The Morgan fingerprint density at radius 3 is 2.42 bits per heavy atom. The number of para-hydroxylation sites is 1. The lowest BCUT2D eigenvalue weighted by Gasteiger charge is -2.15. The molecule has 19 heavy (non-hydrogen) atoms. The summed E-state index contributed by atoms with van der Waals surface area (Å²) >= 11 is 5.10. The van der Waals surface area contributed by atoms with Crippen LogP contribution in [0.2, 0.25) is 0 Å². The van der Waals surface area contributed by atoms with E-state index in [1.807, 2.05) is 18.2 Å². The topological polar surface area (TPSA) is 38.0 Å². The molecule has 0 atom stereocenters. The summed E-state index contributed by atoms with van der Waals surface area (Å²) in [5.41, 5.74) is 11.4. The first-order valence-corrected chi connectivity index (χ1v) is 6.68. The largest absolute Gasteiger partial charge is 0.389 e. The minimum absolute atomic E-state index is 0.427. The van der Waals surface area contributed by atoms with Gasteiger partial charge in [0.2, 0.25) is 0 Å². The van der Waals surface area contributed by atoms with Gasteiger partial charge in [-0.05, 0) is 36.6 Å². The summed E-state index contributed by atoms with van der Waals surface area (Å²) in [6.45, 7) is 4.94. The molecule has 0 heterocycles. The number of anilines is 1. The van der Waals surface area contributed by atoms with E-state index in [9.17, 15) is 0 Å². The van der Waals surface area contributed by atoms with Gasteiger partial charge in [-0.1, -0.05) is 48.6 Å². The minimum Gasteiger partial charge on any atom is -0.389 e. The highest BCUT2D eigenvalue weighted by Gasteiger charge is 2.07. The first-order chi connectivity index (χ1) is 9.09. The second-order valence-corrected chi connectivity index (χ2v) is 5.08. The second-order valence-electron chi connectivity index (χ2n) is 4.64. The molecule has 0 saturated carbocycles. The Bertz CT molecular complexity index is 605. The summed E-state index contributed by atoms with van der Waals surface area (Å²) < 4.78 is 0. The molecule has 0 aliphatic rings. The van der Waals surface area contributed by atoms with Crippen molar-refractivity contribution in [1.82, 2.24) is 0 Å². The number of hydrogen-bond donors (Lipinski definition) is 2. The zero-order valence-electron chi connectivity index (χ0n) is 11.2. The molecule has 0 radical (unpaired) electrons. The van der Waals surface area contributed by atoms with Gasteiger partial charge in [-0.15, -0.1) is 0 Å². The first kappa shape index (κ1) is 13.6. The Labute approximate surface area is 119 Å². The fourth-order valence-corrected chi connectivity index (χ4v) is 2.27. The van der Waals surface area contributed by atoms with Crippen molar-refractivity contribution in [2.45, 2.75) is 20.4 Å². The SMILES string of the molecule is Cc1ccccc1CNc1c(C)cccc1C(N)=S. The van der Waals surface area contributed by atoms with Crippen LogP contribution in [0.25, 0.3) is 0 Å². The molecule has 2 aromatic rings. The summed E-state index contributed by atoms with van der Waals surface area (Å²) in [6, 6.07) is 14.3. The van der Waals surface area contributed by atoms with E-state index in [4.69, 9.17) is 18.0 Å². The monoisotopic (exact) mass is 270 g/mol. The van der Waals surface area contributed by atoms with E-state index in [0.29, 0.717) is 4.99 Å². The maximum atomic E-state index is 5.77. The van der Waals surface area contributed by atoms with Crippen LogP contribution in [0.5, 0.6) is 0 Å². The molecular weight excluding hydrogens is 252 g/mol. The predicted octanol–water partition coefficient (Wildman–Crippen LogP) is 3.55. The van der Waals surface area contributed by atoms with Gasteiger partial charge in [-0.3, -0.25) is 0 Å². The Morgan fingerprint density at radius 1 is 1.05 bits per heavy atom. The van der Waals surface area contributed by atoms with Crippen molar-refractivity contribution in [1.29, 1.82) is 0 Å². The summed E-state index contributed by atoms with van der Waals surface area (Å²) in [7, 11) is 0. The van der Waals surface area contributed by atoms with Gasteiger partial charge in [0.15, 0.2) is 0 Å². The maximum Gasteiger partial charge on any atom is 0.106 e. The lowest BCUT2D eigenvalue weighted by Crippen LogP contribution is -2.14. The van der Waals surface area contributed by atoms with E-state index >= 15 is 0 Å². The van der Waals surface area contributed by atoms with Crippen LogP contribution < -0.4 is 11.1 Å². The van der Waals surface area contributed by atoms with E-state index in [0.717, 1.165) is 23.4 Å². The minimum atomic E-state index is 0.427. The molecule has 0 saturated heterocycles. The van der Waals surface area contributed by atoms with Crippen molar-refractivity contribution in [3.63, 3.8) is 0 Å². The molecule has 2 aromatic carbocycles. The average molecular weight is 270 g/mol. The van der Waals surface area contributed by atoms with Gasteiger partial charge in [0.1, 0.15) is 4.99 Å². The van der Waals surface area contributed by atoms with Gasteiger partial charge in [0, 0.05) is 17.8 Å². The van der Waals surface area contributed by atoms with Gasteiger partial charge >= 0.3 is 0 Å². The van der Waals surface area contributed by atoms with Crippen LogP contribution in [-0.4, -0.2) is 4.99 Å². The highest BCUT2D eigenvalue weighted by Crippen LogP contribution is 2.21. The number of thiocarbonyl (C=S) groups is 1. The van der Waals surface area contributed by atoms with E-state index in [1.54, 1.807) is 0 Å². The van der Waals surface area contributed by atoms with Gasteiger partial charge in [-0.25, -0.2) is 0 Å². The summed E-state index contributed by atoms with van der Waals surface area (Å²) in [4.78, 5) is 0.427. The third-order valence-corrected chi connectivity index (χ3v) is 3.48. The summed E-state index contributed by atoms with van der Waals surface area (Å²) in [5.74, 6) is 0. The van der Waals surface area contributed by atoms with Crippen LogP contribution in [0.1, 0.15) is 22.3 Å². The first-order valence-electron chi connectivity index (χ1n) is 6.27. The fraction of sp³-hybridized carbons (Fsp3) is 0.188.